The summed E-state index contributed by atoms with van der Waals surface area (Å²) < 4.78 is 37.3. The van der Waals surface area contributed by atoms with E-state index in [9.17, 15) is 18.5 Å². The number of sulfonamides is 1. The highest BCUT2D eigenvalue weighted by Gasteiger charge is 2.25. The lowest BCUT2D eigenvalue weighted by Crippen LogP contribution is -2.30. The summed E-state index contributed by atoms with van der Waals surface area (Å²) in [7, 11) is -3.62. The predicted molar refractivity (Wildman–Crippen MR) is 124 cm³/mol. The van der Waals surface area contributed by atoms with Gasteiger partial charge in [-0.15, -0.1) is 0 Å². The molecule has 178 valence electrons. The van der Waals surface area contributed by atoms with Crippen LogP contribution in [0, 0.1) is 10.1 Å². The fourth-order valence-corrected chi connectivity index (χ4v) is 4.86. The second kappa shape index (κ2) is 9.49. The SMILES string of the molecule is CCN(CC)S(=O)(=O)c1ccc(Nc2ncnc(Nc3ccc4c(c3)OCO4)c2[N+](=O)[O-])cc1. The van der Waals surface area contributed by atoms with Crippen molar-refractivity contribution in [2.24, 2.45) is 0 Å². The van der Waals surface area contributed by atoms with E-state index in [1.54, 1.807) is 32.0 Å². The summed E-state index contributed by atoms with van der Waals surface area (Å²) >= 11 is 0. The van der Waals surface area contributed by atoms with Crippen molar-refractivity contribution in [1.82, 2.24) is 14.3 Å². The molecule has 0 radical (unpaired) electrons. The van der Waals surface area contributed by atoms with Gasteiger partial charge in [0.2, 0.25) is 28.5 Å². The van der Waals surface area contributed by atoms with Gasteiger partial charge in [-0.1, -0.05) is 13.8 Å². The van der Waals surface area contributed by atoms with E-state index in [1.807, 2.05) is 0 Å². The summed E-state index contributed by atoms with van der Waals surface area (Å²) in [5.41, 5.74) is 0.567. The average Bonchev–Trinajstić information content (AvgIpc) is 3.28. The first-order chi connectivity index (χ1) is 16.3. The number of nitrogens with one attached hydrogen (secondary N) is 2. The Morgan fingerprint density at radius 3 is 2.18 bits per heavy atom. The average molecular weight is 487 g/mol. The van der Waals surface area contributed by atoms with E-state index in [0.29, 0.717) is 36.0 Å². The normalized spacial score (nSPS) is 12.6. The number of rotatable bonds is 9. The highest BCUT2D eigenvalue weighted by molar-refractivity contribution is 7.89. The highest BCUT2D eigenvalue weighted by Crippen LogP contribution is 2.37. The molecule has 2 N–H and O–H groups in total. The maximum absolute atomic E-state index is 12.7. The molecule has 0 saturated heterocycles. The monoisotopic (exact) mass is 486 g/mol. The van der Waals surface area contributed by atoms with Crippen LogP contribution >= 0.6 is 0 Å². The third kappa shape index (κ3) is 4.56. The van der Waals surface area contributed by atoms with Crippen LogP contribution in [0.15, 0.2) is 53.7 Å². The lowest BCUT2D eigenvalue weighted by Gasteiger charge is -2.18. The fraction of sp³-hybridized carbons (Fsp3) is 0.238. The lowest BCUT2D eigenvalue weighted by atomic mass is 10.2. The molecule has 0 unspecified atom stereocenters. The summed E-state index contributed by atoms with van der Waals surface area (Å²) in [6.45, 7) is 4.34. The van der Waals surface area contributed by atoms with Gasteiger partial charge in [0.05, 0.1) is 9.82 Å². The Hall–Kier alpha value is -3.97. The van der Waals surface area contributed by atoms with Gasteiger partial charge in [0.15, 0.2) is 11.5 Å². The fourth-order valence-electron chi connectivity index (χ4n) is 3.41. The molecule has 0 fully saturated rings. The van der Waals surface area contributed by atoms with E-state index in [2.05, 4.69) is 20.6 Å². The number of benzene rings is 2. The van der Waals surface area contributed by atoms with Crippen molar-refractivity contribution in [3.63, 3.8) is 0 Å². The Labute approximate surface area is 195 Å². The summed E-state index contributed by atoms with van der Waals surface area (Å²) in [6, 6.07) is 10.9. The first-order valence-corrected chi connectivity index (χ1v) is 11.8. The van der Waals surface area contributed by atoms with Gasteiger partial charge in [-0.25, -0.2) is 18.4 Å². The van der Waals surface area contributed by atoms with Crippen LogP contribution in [0.3, 0.4) is 0 Å². The molecule has 13 heteroatoms. The summed E-state index contributed by atoms with van der Waals surface area (Å²) in [5, 5.41) is 17.6. The summed E-state index contributed by atoms with van der Waals surface area (Å²) in [4.78, 5) is 19.4. The standard InChI is InChI=1S/C21H22N6O6S/c1-3-26(4-2)34(30,31)16-8-5-14(6-9-16)24-20-19(27(28)29)21(23-12-22-20)25-15-7-10-17-18(11-15)33-13-32-17/h5-12H,3-4,13H2,1-2H3,(H2,22,23,24,25). The van der Waals surface area contributed by atoms with Crippen LogP contribution in [0.1, 0.15) is 13.8 Å². The van der Waals surface area contributed by atoms with Gasteiger partial charge in [0.1, 0.15) is 6.33 Å². The molecule has 34 heavy (non-hydrogen) atoms. The molecule has 3 aromatic rings. The number of hydrogen-bond donors (Lipinski definition) is 2. The van der Waals surface area contributed by atoms with Crippen LogP contribution in [0.4, 0.5) is 28.7 Å². The predicted octanol–water partition coefficient (Wildman–Crippen LogP) is 3.63. The first-order valence-electron chi connectivity index (χ1n) is 10.4. The molecular weight excluding hydrogens is 464 g/mol. The second-order valence-electron chi connectivity index (χ2n) is 7.11. The van der Waals surface area contributed by atoms with Gasteiger partial charge in [-0.2, -0.15) is 4.31 Å². The Bertz CT molecular complexity index is 1310. The maximum atomic E-state index is 12.7. The maximum Gasteiger partial charge on any atom is 0.353 e. The van der Waals surface area contributed by atoms with Crippen molar-refractivity contribution >= 4 is 38.7 Å². The minimum atomic E-state index is -3.62. The van der Waals surface area contributed by atoms with Crippen LogP contribution < -0.4 is 20.1 Å². The minimum Gasteiger partial charge on any atom is -0.454 e. The van der Waals surface area contributed by atoms with Crippen molar-refractivity contribution in [2.75, 3.05) is 30.5 Å². The first kappa shape index (κ1) is 23.2. The number of ether oxygens (including phenoxy) is 2. The third-order valence-electron chi connectivity index (χ3n) is 5.10. The van der Waals surface area contributed by atoms with Crippen LogP contribution in [-0.2, 0) is 10.0 Å². The van der Waals surface area contributed by atoms with Crippen LogP contribution in [0.5, 0.6) is 11.5 Å². The molecular formula is C21H22N6O6S. The zero-order valence-electron chi connectivity index (χ0n) is 18.4. The molecule has 1 aliphatic heterocycles. The minimum absolute atomic E-state index is 0.0258. The molecule has 1 aromatic heterocycles. The molecule has 4 rings (SSSR count). The topological polar surface area (TPSA) is 149 Å². The van der Waals surface area contributed by atoms with Gasteiger partial charge in [0, 0.05) is 30.5 Å². The van der Waals surface area contributed by atoms with Crippen molar-refractivity contribution < 1.29 is 22.8 Å². The van der Waals surface area contributed by atoms with E-state index in [1.165, 1.54) is 34.9 Å². The summed E-state index contributed by atoms with van der Waals surface area (Å²) in [6.07, 6.45) is 1.18. The Morgan fingerprint density at radius 1 is 0.971 bits per heavy atom. The van der Waals surface area contributed by atoms with Crippen molar-refractivity contribution in [3.05, 3.63) is 58.9 Å². The third-order valence-corrected chi connectivity index (χ3v) is 7.16. The summed E-state index contributed by atoms with van der Waals surface area (Å²) in [5.74, 6) is 1.01. The molecule has 0 aliphatic carbocycles. The molecule has 0 bridgehead atoms. The van der Waals surface area contributed by atoms with E-state index in [4.69, 9.17) is 9.47 Å². The number of anilines is 4. The quantitative estimate of drug-likeness (QED) is 0.339. The van der Waals surface area contributed by atoms with E-state index in [0.717, 1.165) is 0 Å². The number of hydrogen-bond acceptors (Lipinski definition) is 10. The largest absolute Gasteiger partial charge is 0.454 e. The number of nitrogens with zero attached hydrogens (tertiary/aromatic N) is 4. The number of nitro groups is 1. The molecule has 2 heterocycles. The Balaban J connectivity index is 1.60. The number of aromatic nitrogens is 2. The van der Waals surface area contributed by atoms with Crippen molar-refractivity contribution in [3.8, 4) is 11.5 Å². The lowest BCUT2D eigenvalue weighted by molar-refractivity contribution is -0.383. The van der Waals surface area contributed by atoms with Crippen molar-refractivity contribution in [2.45, 2.75) is 18.7 Å². The van der Waals surface area contributed by atoms with Crippen molar-refractivity contribution in [1.29, 1.82) is 0 Å². The van der Waals surface area contributed by atoms with Gasteiger partial charge in [-0.05, 0) is 36.4 Å². The van der Waals surface area contributed by atoms with Gasteiger partial charge >= 0.3 is 5.69 Å². The van der Waals surface area contributed by atoms with E-state index >= 15 is 0 Å². The molecule has 0 saturated carbocycles. The second-order valence-corrected chi connectivity index (χ2v) is 9.05. The van der Waals surface area contributed by atoms with Crippen LogP contribution in [-0.4, -0.2) is 47.5 Å². The van der Waals surface area contributed by atoms with Crippen LogP contribution in [0.25, 0.3) is 0 Å². The highest BCUT2D eigenvalue weighted by atomic mass is 32.2. The van der Waals surface area contributed by atoms with Crippen LogP contribution in [0.2, 0.25) is 0 Å². The molecule has 0 atom stereocenters. The van der Waals surface area contributed by atoms with E-state index < -0.39 is 14.9 Å². The van der Waals surface area contributed by atoms with E-state index in [-0.39, 0.29) is 29.0 Å². The Morgan fingerprint density at radius 2 is 1.56 bits per heavy atom. The Kier molecular flexibility index (Phi) is 6.47. The molecule has 0 spiro atoms. The zero-order valence-corrected chi connectivity index (χ0v) is 19.2. The molecule has 12 nitrogen and oxygen atoms in total. The number of fused-ring (bicyclic) bond motifs is 1. The van der Waals surface area contributed by atoms with Gasteiger partial charge in [-0.3, -0.25) is 10.1 Å². The molecule has 0 amide bonds. The van der Waals surface area contributed by atoms with Gasteiger partial charge in [0.25, 0.3) is 0 Å². The molecule has 1 aliphatic rings. The zero-order chi connectivity index (χ0) is 24.3. The molecule has 2 aromatic carbocycles. The van der Waals surface area contributed by atoms with Gasteiger partial charge < -0.3 is 20.1 Å². The smallest absolute Gasteiger partial charge is 0.353 e.